The van der Waals surface area contributed by atoms with Crippen molar-refractivity contribution in [1.82, 2.24) is 4.90 Å². The average molecular weight is 503 g/mol. The fourth-order valence-electron chi connectivity index (χ4n) is 3.50. The van der Waals surface area contributed by atoms with Gasteiger partial charge in [0.05, 0.1) is 11.5 Å². The third kappa shape index (κ3) is 6.69. The molecule has 0 aliphatic carbocycles. The average Bonchev–Trinajstić information content (AvgIpc) is 3.02. The van der Waals surface area contributed by atoms with Gasteiger partial charge in [-0.15, -0.1) is 0 Å². The predicted molar refractivity (Wildman–Crippen MR) is 119 cm³/mol. The molecule has 2 aromatic rings. The highest BCUT2D eigenvalue weighted by Gasteiger charge is 2.33. The highest BCUT2D eigenvalue weighted by atomic mass is 79.9. The maximum absolute atomic E-state index is 12.0. The van der Waals surface area contributed by atoms with Crippen molar-refractivity contribution in [2.75, 3.05) is 24.7 Å². The fourth-order valence-corrected chi connectivity index (χ4v) is 5.82. The number of aryl methyl sites for hydroxylation is 1. The Balaban J connectivity index is 1.65. The summed E-state index contributed by atoms with van der Waals surface area (Å²) in [6.45, 7) is 2.91. The van der Waals surface area contributed by atoms with Gasteiger partial charge in [0.15, 0.2) is 9.84 Å². The van der Waals surface area contributed by atoms with Gasteiger partial charge in [-0.05, 0) is 54.8 Å². The molecule has 2 atom stereocenters. The van der Waals surface area contributed by atoms with Gasteiger partial charge in [-0.3, -0.25) is 4.90 Å². The third-order valence-corrected chi connectivity index (χ3v) is 7.68. The fraction of sp³-hybridized carbons (Fsp3) is 0.429. The van der Waals surface area contributed by atoms with E-state index in [2.05, 4.69) is 15.9 Å². The van der Waals surface area contributed by atoms with Crippen LogP contribution in [0, 0.1) is 6.92 Å². The van der Waals surface area contributed by atoms with Gasteiger partial charge in [-0.1, -0.05) is 39.7 Å². The van der Waals surface area contributed by atoms with Crippen LogP contribution in [0.5, 0.6) is 5.75 Å². The van der Waals surface area contributed by atoms with Gasteiger partial charge in [0.25, 0.3) is 0 Å². The number of sulfone groups is 1. The molecule has 2 unspecified atom stereocenters. The van der Waals surface area contributed by atoms with E-state index in [1.165, 1.54) is 0 Å². The second-order valence-electron chi connectivity index (χ2n) is 7.49. The van der Waals surface area contributed by atoms with Crippen LogP contribution in [0.15, 0.2) is 46.9 Å². The van der Waals surface area contributed by atoms with Crippen molar-refractivity contribution < 1.29 is 18.3 Å². The van der Waals surface area contributed by atoms with Crippen LogP contribution in [0.4, 0.5) is 0 Å². The number of halogens is 2. The highest BCUT2D eigenvalue weighted by molar-refractivity contribution is 9.10. The summed E-state index contributed by atoms with van der Waals surface area (Å²) in [7, 11) is -3.02. The number of ether oxygens (including phenoxy) is 1. The van der Waals surface area contributed by atoms with Crippen molar-refractivity contribution in [3.63, 3.8) is 0 Å². The van der Waals surface area contributed by atoms with Gasteiger partial charge >= 0.3 is 0 Å². The zero-order valence-electron chi connectivity index (χ0n) is 16.2. The Labute approximate surface area is 185 Å². The van der Waals surface area contributed by atoms with E-state index < -0.39 is 15.9 Å². The zero-order valence-corrected chi connectivity index (χ0v) is 19.4. The molecule has 2 aromatic carbocycles. The van der Waals surface area contributed by atoms with Gasteiger partial charge in [-0.2, -0.15) is 0 Å². The summed E-state index contributed by atoms with van der Waals surface area (Å²) in [5, 5.41) is 11.2. The molecule has 8 heteroatoms. The lowest BCUT2D eigenvalue weighted by Crippen LogP contribution is -2.42. The number of hydrogen-bond donors (Lipinski definition) is 1. The Hall–Kier alpha value is -1.12. The van der Waals surface area contributed by atoms with E-state index in [1.807, 2.05) is 42.2 Å². The molecule has 1 fully saturated rings. The van der Waals surface area contributed by atoms with E-state index in [1.54, 1.807) is 12.1 Å². The van der Waals surface area contributed by atoms with Crippen LogP contribution in [0.2, 0.25) is 5.02 Å². The zero-order chi connectivity index (χ0) is 21.0. The Morgan fingerprint density at radius 3 is 2.76 bits per heavy atom. The summed E-state index contributed by atoms with van der Waals surface area (Å²) >= 11 is 9.50. The van der Waals surface area contributed by atoms with Crippen LogP contribution in [0.25, 0.3) is 0 Å². The van der Waals surface area contributed by atoms with Crippen LogP contribution in [-0.2, 0) is 16.4 Å². The van der Waals surface area contributed by atoms with Crippen molar-refractivity contribution in [3.05, 3.63) is 63.1 Å². The quantitative estimate of drug-likeness (QED) is 0.594. The monoisotopic (exact) mass is 501 g/mol. The van der Waals surface area contributed by atoms with Crippen molar-refractivity contribution in [2.45, 2.75) is 32.0 Å². The number of rotatable bonds is 8. The van der Waals surface area contributed by atoms with Crippen molar-refractivity contribution in [3.8, 4) is 5.75 Å². The Morgan fingerprint density at radius 2 is 2.10 bits per heavy atom. The lowest BCUT2D eigenvalue weighted by Gasteiger charge is -2.30. The first-order valence-electron chi connectivity index (χ1n) is 9.48. The maximum Gasteiger partial charge on any atom is 0.151 e. The summed E-state index contributed by atoms with van der Waals surface area (Å²) < 4.78 is 30.6. The molecule has 1 saturated heterocycles. The number of benzene rings is 2. The van der Waals surface area contributed by atoms with E-state index in [-0.39, 0.29) is 24.2 Å². The molecule has 0 bridgehead atoms. The number of nitrogens with zero attached hydrogens (tertiary/aromatic N) is 1. The minimum atomic E-state index is -3.02. The van der Waals surface area contributed by atoms with Crippen molar-refractivity contribution in [2.24, 2.45) is 0 Å². The molecular weight excluding hydrogens is 478 g/mol. The topological polar surface area (TPSA) is 66.8 Å². The van der Waals surface area contributed by atoms with E-state index in [0.29, 0.717) is 30.3 Å². The van der Waals surface area contributed by atoms with E-state index in [9.17, 15) is 13.5 Å². The van der Waals surface area contributed by atoms with Crippen LogP contribution in [0.1, 0.15) is 17.5 Å². The molecule has 5 nitrogen and oxygen atoms in total. The largest absolute Gasteiger partial charge is 0.491 e. The van der Waals surface area contributed by atoms with E-state index in [0.717, 1.165) is 15.6 Å². The second-order valence-corrected chi connectivity index (χ2v) is 11.0. The number of aliphatic hydroxyl groups excluding tert-OH is 1. The standard InChI is InChI=1S/C21H25BrClNO4S/c1-15-9-20(5-6-21(15)23)28-13-19(25)12-24(18-7-8-29(26,27)14-18)11-16-3-2-4-17(22)10-16/h2-6,9-10,18-19,25H,7-8,11-14H2,1H3. The summed E-state index contributed by atoms with van der Waals surface area (Å²) in [4.78, 5) is 2.05. The van der Waals surface area contributed by atoms with Crippen LogP contribution in [0.3, 0.4) is 0 Å². The summed E-state index contributed by atoms with van der Waals surface area (Å²) in [6.07, 6.45) is -0.165. The van der Waals surface area contributed by atoms with Crippen LogP contribution >= 0.6 is 27.5 Å². The molecule has 1 N–H and O–H groups in total. The number of hydrogen-bond acceptors (Lipinski definition) is 5. The molecule has 3 rings (SSSR count). The molecule has 1 aliphatic rings. The molecule has 1 heterocycles. The van der Waals surface area contributed by atoms with E-state index in [4.69, 9.17) is 16.3 Å². The first kappa shape index (κ1) is 22.6. The van der Waals surface area contributed by atoms with Gasteiger partial charge in [0, 0.05) is 28.6 Å². The Bertz CT molecular complexity index is 953. The molecule has 0 radical (unpaired) electrons. The minimum absolute atomic E-state index is 0.105. The van der Waals surface area contributed by atoms with Gasteiger partial charge in [0.2, 0.25) is 0 Å². The molecule has 0 aromatic heterocycles. The Morgan fingerprint density at radius 1 is 1.31 bits per heavy atom. The molecule has 0 saturated carbocycles. The molecule has 1 aliphatic heterocycles. The summed E-state index contributed by atoms with van der Waals surface area (Å²) in [6, 6.07) is 13.2. The molecular formula is C21H25BrClNO4S. The number of aliphatic hydroxyl groups is 1. The van der Waals surface area contributed by atoms with Crippen molar-refractivity contribution in [1.29, 1.82) is 0 Å². The Kier molecular flexibility index (Phi) is 7.62. The molecule has 29 heavy (non-hydrogen) atoms. The molecule has 158 valence electrons. The SMILES string of the molecule is Cc1cc(OCC(O)CN(Cc2cccc(Br)c2)C2CCS(=O)(=O)C2)ccc1Cl. The second kappa shape index (κ2) is 9.79. The van der Waals surface area contributed by atoms with Gasteiger partial charge < -0.3 is 9.84 Å². The lowest BCUT2D eigenvalue weighted by atomic mass is 10.1. The minimum Gasteiger partial charge on any atom is -0.491 e. The first-order chi connectivity index (χ1) is 13.7. The lowest BCUT2D eigenvalue weighted by molar-refractivity contribution is 0.0524. The normalized spacial score (nSPS) is 19.4. The third-order valence-electron chi connectivity index (χ3n) is 5.02. The van der Waals surface area contributed by atoms with Gasteiger partial charge in [0.1, 0.15) is 18.5 Å². The summed E-state index contributed by atoms with van der Waals surface area (Å²) in [5.41, 5.74) is 1.97. The van der Waals surface area contributed by atoms with Crippen molar-refractivity contribution >= 4 is 37.4 Å². The van der Waals surface area contributed by atoms with Crippen LogP contribution in [-0.4, -0.2) is 55.2 Å². The first-order valence-corrected chi connectivity index (χ1v) is 12.5. The molecule has 0 spiro atoms. The molecule has 0 amide bonds. The predicted octanol–water partition coefficient (Wildman–Crippen LogP) is 3.84. The van der Waals surface area contributed by atoms with Crippen LogP contribution < -0.4 is 4.74 Å². The highest BCUT2D eigenvalue weighted by Crippen LogP contribution is 2.23. The maximum atomic E-state index is 12.0. The van der Waals surface area contributed by atoms with E-state index >= 15 is 0 Å². The van der Waals surface area contributed by atoms with Gasteiger partial charge in [-0.25, -0.2) is 8.42 Å². The smallest absolute Gasteiger partial charge is 0.151 e. The summed E-state index contributed by atoms with van der Waals surface area (Å²) in [5.74, 6) is 0.974.